The number of carbonyl (C=O) groups is 1. The monoisotopic (exact) mass is 285 g/mol. The SMILES string of the molecule is CCN(CCC(=O)OC)CC(O)c1cccc(Cl)c1. The summed E-state index contributed by atoms with van der Waals surface area (Å²) in [5, 5.41) is 10.8. The third-order valence-corrected chi connectivity index (χ3v) is 3.21. The number of hydrogen-bond acceptors (Lipinski definition) is 4. The van der Waals surface area contributed by atoms with E-state index >= 15 is 0 Å². The van der Waals surface area contributed by atoms with Crippen LogP contribution in [0.25, 0.3) is 0 Å². The van der Waals surface area contributed by atoms with Gasteiger partial charge in [0.05, 0.1) is 19.6 Å². The van der Waals surface area contributed by atoms with E-state index in [1.165, 1.54) is 7.11 Å². The average molecular weight is 286 g/mol. The van der Waals surface area contributed by atoms with Gasteiger partial charge in [0.25, 0.3) is 0 Å². The quantitative estimate of drug-likeness (QED) is 0.781. The largest absolute Gasteiger partial charge is 0.469 e. The summed E-state index contributed by atoms with van der Waals surface area (Å²) < 4.78 is 4.60. The van der Waals surface area contributed by atoms with Crippen molar-refractivity contribution in [3.63, 3.8) is 0 Å². The molecule has 106 valence electrons. The molecule has 0 saturated carbocycles. The third kappa shape index (κ3) is 5.59. The van der Waals surface area contributed by atoms with Crippen molar-refractivity contribution in [2.24, 2.45) is 0 Å². The molecule has 0 aliphatic heterocycles. The van der Waals surface area contributed by atoms with E-state index in [1.807, 2.05) is 24.0 Å². The molecule has 5 heteroatoms. The molecule has 0 heterocycles. The fourth-order valence-electron chi connectivity index (χ4n) is 1.79. The van der Waals surface area contributed by atoms with Gasteiger partial charge in [-0.1, -0.05) is 30.7 Å². The van der Waals surface area contributed by atoms with Crippen LogP contribution in [-0.2, 0) is 9.53 Å². The van der Waals surface area contributed by atoms with Gasteiger partial charge in [0.1, 0.15) is 0 Å². The molecule has 19 heavy (non-hydrogen) atoms. The van der Waals surface area contributed by atoms with Crippen LogP contribution >= 0.6 is 11.6 Å². The Morgan fingerprint density at radius 2 is 2.26 bits per heavy atom. The zero-order chi connectivity index (χ0) is 14.3. The van der Waals surface area contributed by atoms with Crippen molar-refractivity contribution in [1.82, 2.24) is 4.90 Å². The molecule has 0 spiro atoms. The van der Waals surface area contributed by atoms with Crippen LogP contribution in [0, 0.1) is 0 Å². The lowest BCUT2D eigenvalue weighted by Gasteiger charge is -2.23. The van der Waals surface area contributed by atoms with Gasteiger partial charge in [0, 0.05) is 18.1 Å². The number of benzene rings is 1. The van der Waals surface area contributed by atoms with Gasteiger partial charge in [-0.3, -0.25) is 4.79 Å². The van der Waals surface area contributed by atoms with Crippen LogP contribution in [0.2, 0.25) is 5.02 Å². The predicted molar refractivity (Wildman–Crippen MR) is 75.2 cm³/mol. The topological polar surface area (TPSA) is 49.8 Å². The van der Waals surface area contributed by atoms with Gasteiger partial charge in [0.2, 0.25) is 0 Å². The normalized spacial score (nSPS) is 12.5. The van der Waals surface area contributed by atoms with Gasteiger partial charge in [-0.25, -0.2) is 0 Å². The number of ether oxygens (including phenoxy) is 1. The molecular weight excluding hydrogens is 266 g/mol. The predicted octanol–water partition coefficient (Wildman–Crippen LogP) is 2.26. The summed E-state index contributed by atoms with van der Waals surface area (Å²) in [6, 6.07) is 7.17. The molecule has 0 amide bonds. The number of rotatable bonds is 7. The maximum atomic E-state index is 11.1. The standard InChI is InChI=1S/C14H20ClNO3/c1-3-16(8-7-14(18)19-2)10-13(17)11-5-4-6-12(15)9-11/h4-6,9,13,17H,3,7-8,10H2,1-2H3. The van der Waals surface area contributed by atoms with Crippen LogP contribution in [0.15, 0.2) is 24.3 Å². The fraction of sp³-hybridized carbons (Fsp3) is 0.500. The van der Waals surface area contributed by atoms with Crippen molar-refractivity contribution < 1.29 is 14.6 Å². The van der Waals surface area contributed by atoms with Crippen LogP contribution in [-0.4, -0.2) is 42.7 Å². The summed E-state index contributed by atoms with van der Waals surface area (Å²) in [7, 11) is 1.37. The van der Waals surface area contributed by atoms with Crippen LogP contribution in [0.5, 0.6) is 0 Å². The van der Waals surface area contributed by atoms with Gasteiger partial charge in [0.15, 0.2) is 0 Å². The average Bonchev–Trinajstić information content (AvgIpc) is 2.42. The zero-order valence-electron chi connectivity index (χ0n) is 11.3. The van der Waals surface area contributed by atoms with E-state index in [1.54, 1.807) is 12.1 Å². The second kappa shape index (κ2) is 8.15. The lowest BCUT2D eigenvalue weighted by molar-refractivity contribution is -0.141. The number of nitrogens with zero attached hydrogens (tertiary/aromatic N) is 1. The highest BCUT2D eigenvalue weighted by molar-refractivity contribution is 6.30. The highest BCUT2D eigenvalue weighted by Gasteiger charge is 2.14. The molecule has 1 unspecified atom stereocenters. The second-order valence-corrected chi connectivity index (χ2v) is 4.73. The minimum absolute atomic E-state index is 0.240. The third-order valence-electron chi connectivity index (χ3n) is 2.97. The molecule has 0 bridgehead atoms. The van der Waals surface area contributed by atoms with Crippen molar-refractivity contribution >= 4 is 17.6 Å². The maximum absolute atomic E-state index is 11.1. The summed E-state index contributed by atoms with van der Waals surface area (Å²) in [4.78, 5) is 13.1. The minimum atomic E-state index is -0.615. The number of likely N-dealkylation sites (N-methyl/N-ethyl adjacent to an activating group) is 1. The van der Waals surface area contributed by atoms with Gasteiger partial charge < -0.3 is 14.7 Å². The van der Waals surface area contributed by atoms with Crippen molar-refractivity contribution in [3.8, 4) is 0 Å². The van der Waals surface area contributed by atoms with Gasteiger partial charge in [-0.15, -0.1) is 0 Å². The Morgan fingerprint density at radius 1 is 1.53 bits per heavy atom. The first-order chi connectivity index (χ1) is 9.06. The van der Waals surface area contributed by atoms with Crippen molar-refractivity contribution in [2.45, 2.75) is 19.4 Å². The molecule has 0 radical (unpaired) electrons. The summed E-state index contributed by atoms with van der Waals surface area (Å²) in [5.41, 5.74) is 0.781. The Bertz CT molecular complexity index is 411. The maximum Gasteiger partial charge on any atom is 0.306 e. The molecule has 4 nitrogen and oxygen atoms in total. The van der Waals surface area contributed by atoms with E-state index in [2.05, 4.69) is 4.74 Å². The molecular formula is C14H20ClNO3. The molecule has 1 N–H and O–H groups in total. The molecule has 1 atom stereocenters. The summed E-state index contributed by atoms with van der Waals surface area (Å²) in [5.74, 6) is -0.240. The van der Waals surface area contributed by atoms with E-state index in [0.29, 0.717) is 24.5 Å². The number of halogens is 1. The lowest BCUT2D eigenvalue weighted by Crippen LogP contribution is -2.31. The van der Waals surface area contributed by atoms with E-state index in [-0.39, 0.29) is 5.97 Å². The van der Waals surface area contributed by atoms with Crippen molar-refractivity contribution in [3.05, 3.63) is 34.9 Å². The number of carbonyl (C=O) groups excluding carboxylic acids is 1. The highest BCUT2D eigenvalue weighted by Crippen LogP contribution is 2.18. The first-order valence-electron chi connectivity index (χ1n) is 6.29. The molecule has 1 rings (SSSR count). The number of aliphatic hydroxyl groups is 1. The summed E-state index contributed by atoms with van der Waals surface area (Å²) in [6.07, 6.45) is -0.289. The Balaban J connectivity index is 2.53. The van der Waals surface area contributed by atoms with E-state index in [0.717, 1.165) is 12.1 Å². The highest BCUT2D eigenvalue weighted by atomic mass is 35.5. The minimum Gasteiger partial charge on any atom is -0.469 e. The van der Waals surface area contributed by atoms with Crippen LogP contribution in [0.3, 0.4) is 0 Å². The molecule has 0 fully saturated rings. The van der Waals surface area contributed by atoms with Crippen LogP contribution in [0.4, 0.5) is 0 Å². The number of aliphatic hydroxyl groups excluding tert-OH is 1. The molecule has 0 aliphatic carbocycles. The van der Waals surface area contributed by atoms with Crippen LogP contribution in [0.1, 0.15) is 25.0 Å². The summed E-state index contributed by atoms with van der Waals surface area (Å²) in [6.45, 7) is 3.78. The smallest absolute Gasteiger partial charge is 0.306 e. The number of methoxy groups -OCH3 is 1. The molecule has 1 aromatic rings. The molecule has 0 saturated heterocycles. The Hall–Kier alpha value is -1.10. The Labute approximate surface area is 118 Å². The lowest BCUT2D eigenvalue weighted by atomic mass is 10.1. The zero-order valence-corrected chi connectivity index (χ0v) is 12.1. The van der Waals surface area contributed by atoms with E-state index in [4.69, 9.17) is 11.6 Å². The van der Waals surface area contributed by atoms with Gasteiger partial charge >= 0.3 is 5.97 Å². The van der Waals surface area contributed by atoms with Crippen LogP contribution < -0.4 is 0 Å². The molecule has 1 aromatic carbocycles. The Kier molecular flexibility index (Phi) is 6.84. The Morgan fingerprint density at radius 3 is 2.84 bits per heavy atom. The fourth-order valence-corrected chi connectivity index (χ4v) is 1.99. The van der Waals surface area contributed by atoms with Crippen molar-refractivity contribution in [2.75, 3.05) is 26.7 Å². The second-order valence-electron chi connectivity index (χ2n) is 4.29. The number of hydrogen-bond donors (Lipinski definition) is 1. The summed E-state index contributed by atoms with van der Waals surface area (Å²) >= 11 is 5.89. The first kappa shape index (κ1) is 16.0. The van der Waals surface area contributed by atoms with E-state index < -0.39 is 6.10 Å². The van der Waals surface area contributed by atoms with Gasteiger partial charge in [-0.2, -0.15) is 0 Å². The van der Waals surface area contributed by atoms with Gasteiger partial charge in [-0.05, 0) is 24.2 Å². The molecule has 0 aromatic heterocycles. The van der Waals surface area contributed by atoms with Crippen molar-refractivity contribution in [1.29, 1.82) is 0 Å². The van der Waals surface area contributed by atoms with E-state index in [9.17, 15) is 9.90 Å². The first-order valence-corrected chi connectivity index (χ1v) is 6.67. The molecule has 0 aliphatic rings. The number of esters is 1.